The zero-order chi connectivity index (χ0) is 13.3. The van der Waals surface area contributed by atoms with Gasteiger partial charge in [0.25, 0.3) is 0 Å². The molecule has 1 N–H and O–H groups in total. The van der Waals surface area contributed by atoms with Gasteiger partial charge < -0.3 is 5.11 Å². The predicted octanol–water partition coefficient (Wildman–Crippen LogP) is 2.48. The maximum atomic E-state index is 9.74. The molecule has 3 rings (SSSR count). The van der Waals surface area contributed by atoms with Crippen molar-refractivity contribution in [1.29, 1.82) is 0 Å². The van der Waals surface area contributed by atoms with Crippen LogP contribution in [-0.4, -0.2) is 30.2 Å². The van der Waals surface area contributed by atoms with Crippen LogP contribution in [0.25, 0.3) is 0 Å². The quantitative estimate of drug-likeness (QED) is 0.908. The molecule has 1 heterocycles. The second-order valence-electron chi connectivity index (χ2n) is 5.26. The van der Waals surface area contributed by atoms with Gasteiger partial charge in [0, 0.05) is 19.1 Å². The van der Waals surface area contributed by atoms with Crippen molar-refractivity contribution in [3.8, 4) is 0 Å². The lowest BCUT2D eigenvalue weighted by atomic mass is 9.66. The Bertz CT molecular complexity index is 498. The van der Waals surface area contributed by atoms with E-state index in [1.165, 1.54) is 11.1 Å². The van der Waals surface area contributed by atoms with Gasteiger partial charge in [0.15, 0.2) is 0 Å². The Morgan fingerprint density at radius 2 is 1.47 bits per heavy atom. The third-order valence-electron chi connectivity index (χ3n) is 4.34. The molecule has 1 aliphatic heterocycles. The molecule has 0 spiro atoms. The molecule has 0 radical (unpaired) electrons. The largest absolute Gasteiger partial charge is 0.396 e. The summed E-state index contributed by atoms with van der Waals surface area (Å²) >= 11 is 0. The number of rotatable bonds is 3. The minimum atomic E-state index is -0.183. The summed E-state index contributed by atoms with van der Waals surface area (Å²) in [6.07, 6.45) is 0. The van der Waals surface area contributed by atoms with Gasteiger partial charge >= 0.3 is 0 Å². The molecule has 0 amide bonds. The molecule has 2 heteroatoms. The Labute approximate surface area is 114 Å². The van der Waals surface area contributed by atoms with Crippen LogP contribution in [0.3, 0.4) is 0 Å². The van der Waals surface area contributed by atoms with Crippen LogP contribution in [-0.2, 0) is 5.54 Å². The zero-order valence-corrected chi connectivity index (χ0v) is 11.2. The highest BCUT2D eigenvalue weighted by Gasteiger charge is 2.53. The topological polar surface area (TPSA) is 23.5 Å². The van der Waals surface area contributed by atoms with Crippen LogP contribution in [0.15, 0.2) is 60.7 Å². The van der Waals surface area contributed by atoms with E-state index in [9.17, 15) is 5.11 Å². The molecular weight excluding hydrogens is 234 g/mol. The van der Waals surface area contributed by atoms with Gasteiger partial charge in [-0.05, 0) is 18.2 Å². The molecule has 2 aromatic rings. The Morgan fingerprint density at radius 1 is 1.00 bits per heavy atom. The van der Waals surface area contributed by atoms with E-state index < -0.39 is 0 Å². The summed E-state index contributed by atoms with van der Waals surface area (Å²) in [7, 11) is 2.13. The van der Waals surface area contributed by atoms with Crippen LogP contribution in [0.2, 0.25) is 0 Å². The molecule has 19 heavy (non-hydrogen) atoms. The van der Waals surface area contributed by atoms with Gasteiger partial charge in [0.1, 0.15) is 0 Å². The van der Waals surface area contributed by atoms with Gasteiger partial charge in [-0.15, -0.1) is 0 Å². The van der Waals surface area contributed by atoms with E-state index in [2.05, 4.69) is 60.5 Å². The molecule has 1 fully saturated rings. The van der Waals surface area contributed by atoms with Crippen molar-refractivity contribution in [2.75, 3.05) is 20.2 Å². The van der Waals surface area contributed by atoms with E-state index in [-0.39, 0.29) is 18.1 Å². The molecular formula is C17H19NO. The van der Waals surface area contributed by atoms with Crippen LogP contribution >= 0.6 is 0 Å². The average molecular weight is 253 g/mol. The predicted molar refractivity (Wildman–Crippen MR) is 76.9 cm³/mol. The highest BCUT2D eigenvalue weighted by atomic mass is 16.3. The van der Waals surface area contributed by atoms with Gasteiger partial charge in [0.05, 0.1) is 5.54 Å². The third-order valence-corrected chi connectivity index (χ3v) is 4.34. The molecule has 0 aliphatic carbocycles. The fourth-order valence-corrected chi connectivity index (χ4v) is 3.46. The lowest BCUT2D eigenvalue weighted by molar-refractivity contribution is -0.0620. The number of aliphatic hydroxyl groups is 1. The van der Waals surface area contributed by atoms with Gasteiger partial charge in [0.2, 0.25) is 0 Å². The first kappa shape index (κ1) is 12.4. The Hall–Kier alpha value is -1.64. The Morgan fingerprint density at radius 3 is 1.84 bits per heavy atom. The highest BCUT2D eigenvalue weighted by molar-refractivity contribution is 5.42. The first-order chi connectivity index (χ1) is 9.30. The number of benzene rings is 2. The summed E-state index contributed by atoms with van der Waals surface area (Å²) in [6, 6.07) is 21.0. The van der Waals surface area contributed by atoms with E-state index >= 15 is 0 Å². The van der Waals surface area contributed by atoms with Crippen LogP contribution in [0, 0.1) is 5.92 Å². The third kappa shape index (κ3) is 1.71. The summed E-state index contributed by atoms with van der Waals surface area (Å²) in [6.45, 7) is 1.15. The number of likely N-dealkylation sites (tertiary alicyclic amines) is 1. The van der Waals surface area contributed by atoms with Gasteiger partial charge in [-0.3, -0.25) is 4.90 Å². The van der Waals surface area contributed by atoms with E-state index in [1.807, 2.05) is 12.1 Å². The lowest BCUT2D eigenvalue weighted by Gasteiger charge is -2.57. The normalized spacial score (nSPS) is 21.9. The SMILES string of the molecule is CN1CC(CO)C1(c1ccccc1)c1ccccc1. The summed E-state index contributed by atoms with van der Waals surface area (Å²) in [5.41, 5.74) is 2.33. The highest BCUT2D eigenvalue weighted by Crippen LogP contribution is 2.48. The van der Waals surface area contributed by atoms with Crippen molar-refractivity contribution in [3.05, 3.63) is 71.8 Å². The molecule has 0 aromatic heterocycles. The maximum Gasteiger partial charge on any atom is 0.0776 e. The number of hydrogen-bond donors (Lipinski definition) is 1. The molecule has 1 atom stereocenters. The summed E-state index contributed by atoms with van der Waals surface area (Å²) in [5, 5.41) is 9.74. The van der Waals surface area contributed by atoms with Crippen molar-refractivity contribution < 1.29 is 5.11 Å². The fraction of sp³-hybridized carbons (Fsp3) is 0.294. The van der Waals surface area contributed by atoms with Crippen molar-refractivity contribution in [3.63, 3.8) is 0 Å². The minimum absolute atomic E-state index is 0.183. The van der Waals surface area contributed by atoms with Crippen molar-refractivity contribution in [2.24, 2.45) is 5.92 Å². The number of hydrogen-bond acceptors (Lipinski definition) is 2. The standard InChI is InChI=1S/C17H19NO/c1-18-12-16(13-19)17(18,14-8-4-2-5-9-14)15-10-6-3-7-11-15/h2-11,16,19H,12-13H2,1H3. The van der Waals surface area contributed by atoms with Gasteiger partial charge in [-0.2, -0.15) is 0 Å². The maximum absolute atomic E-state index is 9.74. The molecule has 0 bridgehead atoms. The minimum Gasteiger partial charge on any atom is -0.396 e. The van der Waals surface area contributed by atoms with Crippen LogP contribution in [0.5, 0.6) is 0 Å². The van der Waals surface area contributed by atoms with E-state index in [0.29, 0.717) is 0 Å². The Balaban J connectivity index is 2.17. The second kappa shape index (κ2) is 4.80. The van der Waals surface area contributed by atoms with Crippen LogP contribution in [0.4, 0.5) is 0 Å². The monoisotopic (exact) mass is 253 g/mol. The van der Waals surface area contributed by atoms with E-state index in [4.69, 9.17) is 0 Å². The molecule has 2 aromatic carbocycles. The number of nitrogens with zero attached hydrogens (tertiary/aromatic N) is 1. The molecule has 1 aliphatic rings. The smallest absolute Gasteiger partial charge is 0.0776 e. The summed E-state index contributed by atoms with van der Waals surface area (Å²) in [4.78, 5) is 2.33. The molecule has 1 unspecified atom stereocenters. The van der Waals surface area contributed by atoms with Crippen molar-refractivity contribution in [1.82, 2.24) is 4.90 Å². The molecule has 1 saturated heterocycles. The van der Waals surface area contributed by atoms with Crippen LogP contribution in [0.1, 0.15) is 11.1 Å². The molecule has 2 nitrogen and oxygen atoms in total. The fourth-order valence-electron chi connectivity index (χ4n) is 3.46. The first-order valence-corrected chi connectivity index (χ1v) is 6.73. The Kier molecular flexibility index (Phi) is 3.13. The first-order valence-electron chi connectivity index (χ1n) is 6.73. The second-order valence-corrected chi connectivity index (χ2v) is 5.26. The van der Waals surface area contributed by atoms with E-state index in [0.717, 1.165) is 6.54 Å². The summed E-state index contributed by atoms with van der Waals surface area (Å²) in [5.74, 6) is 0.252. The van der Waals surface area contributed by atoms with Crippen molar-refractivity contribution in [2.45, 2.75) is 5.54 Å². The zero-order valence-electron chi connectivity index (χ0n) is 11.2. The lowest BCUT2D eigenvalue weighted by Crippen LogP contribution is -2.64. The van der Waals surface area contributed by atoms with E-state index in [1.54, 1.807) is 0 Å². The molecule has 0 saturated carbocycles. The van der Waals surface area contributed by atoms with Crippen molar-refractivity contribution >= 4 is 0 Å². The van der Waals surface area contributed by atoms with Gasteiger partial charge in [-0.1, -0.05) is 60.7 Å². The molecule has 98 valence electrons. The number of aliphatic hydroxyl groups excluding tert-OH is 1. The van der Waals surface area contributed by atoms with Gasteiger partial charge in [-0.25, -0.2) is 0 Å². The summed E-state index contributed by atoms with van der Waals surface area (Å²) < 4.78 is 0. The van der Waals surface area contributed by atoms with Crippen LogP contribution < -0.4 is 0 Å². The average Bonchev–Trinajstić information content (AvgIpc) is 2.47.